The Balaban J connectivity index is 1.33. The van der Waals surface area contributed by atoms with Crippen LogP contribution in [0.5, 0.6) is 0 Å². The van der Waals surface area contributed by atoms with Crippen molar-refractivity contribution in [3.63, 3.8) is 0 Å². The standard InChI is InChI=1S/C39H23N/c1-4-11-25-22(8-1)27-12-5-14-29-35-20-33(23-9-2-3-10-24(23)34(35)21-36(25)38(27)29)26-17-18-30-31-16-7-19-40-39(31)32-15-6-13-28(26)37(30)32/h1-4,6-13,15-21H,5,14H2. The molecule has 0 saturated heterocycles. The van der Waals surface area contributed by atoms with Crippen molar-refractivity contribution in [2.75, 3.05) is 0 Å². The molecule has 40 heavy (non-hydrogen) atoms. The van der Waals surface area contributed by atoms with Gasteiger partial charge < -0.3 is 0 Å². The van der Waals surface area contributed by atoms with Crippen LogP contribution < -0.4 is 0 Å². The third-order valence-electron chi connectivity index (χ3n) is 9.47. The molecule has 0 spiro atoms. The van der Waals surface area contributed by atoms with Gasteiger partial charge >= 0.3 is 0 Å². The first kappa shape index (κ1) is 20.9. The van der Waals surface area contributed by atoms with Gasteiger partial charge in [-0.15, -0.1) is 0 Å². The van der Waals surface area contributed by atoms with Gasteiger partial charge in [0.1, 0.15) is 0 Å². The average molecular weight is 506 g/mol. The first-order chi connectivity index (χ1) is 19.9. The van der Waals surface area contributed by atoms with Gasteiger partial charge in [0.2, 0.25) is 0 Å². The molecule has 10 rings (SSSR count). The number of pyridine rings is 1. The SMILES string of the molecule is C1=C2c3ccccc3-c3cc4c(cc(-c5ccc6c7c(cccc57)-c5ncccc5-6)c5ccccc54)c(c32)CC1. The summed E-state index contributed by atoms with van der Waals surface area (Å²) >= 11 is 0. The Kier molecular flexibility index (Phi) is 3.83. The summed E-state index contributed by atoms with van der Waals surface area (Å²) in [6.07, 6.45) is 6.54. The van der Waals surface area contributed by atoms with Crippen molar-refractivity contribution in [3.8, 4) is 44.6 Å². The van der Waals surface area contributed by atoms with E-state index in [9.17, 15) is 0 Å². The molecular weight excluding hydrogens is 482 g/mol. The van der Waals surface area contributed by atoms with Gasteiger partial charge in [-0.25, -0.2) is 0 Å². The molecule has 0 amide bonds. The molecule has 0 atom stereocenters. The summed E-state index contributed by atoms with van der Waals surface area (Å²) in [5, 5.41) is 8.05. The fourth-order valence-electron chi connectivity index (χ4n) is 7.88. The van der Waals surface area contributed by atoms with Gasteiger partial charge in [-0.05, 0) is 113 Å². The number of nitrogens with zero attached hydrogens (tertiary/aromatic N) is 1. The maximum atomic E-state index is 4.77. The topological polar surface area (TPSA) is 12.9 Å². The van der Waals surface area contributed by atoms with E-state index < -0.39 is 0 Å². The van der Waals surface area contributed by atoms with Crippen LogP contribution in [0, 0.1) is 0 Å². The summed E-state index contributed by atoms with van der Waals surface area (Å²) < 4.78 is 0. The molecule has 1 heteroatoms. The molecule has 184 valence electrons. The van der Waals surface area contributed by atoms with E-state index in [-0.39, 0.29) is 0 Å². The van der Waals surface area contributed by atoms with Crippen molar-refractivity contribution < 1.29 is 0 Å². The quantitative estimate of drug-likeness (QED) is 0.202. The van der Waals surface area contributed by atoms with Gasteiger partial charge in [0, 0.05) is 17.3 Å². The summed E-state index contributed by atoms with van der Waals surface area (Å²) in [5.41, 5.74) is 16.1. The Morgan fingerprint density at radius 2 is 1.23 bits per heavy atom. The number of hydrogen-bond acceptors (Lipinski definition) is 1. The van der Waals surface area contributed by atoms with Crippen LogP contribution in [0.15, 0.2) is 115 Å². The minimum Gasteiger partial charge on any atom is -0.256 e. The van der Waals surface area contributed by atoms with Crippen LogP contribution in [0.2, 0.25) is 0 Å². The van der Waals surface area contributed by atoms with Gasteiger partial charge in [0.25, 0.3) is 0 Å². The monoisotopic (exact) mass is 505 g/mol. The zero-order valence-electron chi connectivity index (χ0n) is 21.8. The number of aromatic nitrogens is 1. The Morgan fingerprint density at radius 3 is 2.17 bits per heavy atom. The maximum Gasteiger partial charge on any atom is 0.0786 e. The first-order valence-corrected chi connectivity index (χ1v) is 14.2. The minimum atomic E-state index is 1.08. The van der Waals surface area contributed by atoms with Gasteiger partial charge in [-0.2, -0.15) is 0 Å². The minimum absolute atomic E-state index is 1.08. The van der Waals surface area contributed by atoms with E-state index in [4.69, 9.17) is 4.98 Å². The van der Waals surface area contributed by atoms with Gasteiger partial charge in [-0.1, -0.05) is 91.0 Å². The van der Waals surface area contributed by atoms with Crippen LogP contribution in [-0.2, 0) is 6.42 Å². The molecule has 0 radical (unpaired) electrons. The highest BCUT2D eigenvalue weighted by Crippen LogP contribution is 2.53. The van der Waals surface area contributed by atoms with Crippen LogP contribution in [0.1, 0.15) is 23.1 Å². The van der Waals surface area contributed by atoms with Crippen molar-refractivity contribution in [2.45, 2.75) is 12.8 Å². The Labute approximate surface area is 232 Å². The summed E-state index contributed by atoms with van der Waals surface area (Å²) in [5.74, 6) is 0. The largest absolute Gasteiger partial charge is 0.256 e. The second-order valence-electron chi connectivity index (χ2n) is 11.3. The van der Waals surface area contributed by atoms with Gasteiger partial charge in [0.05, 0.1) is 5.69 Å². The van der Waals surface area contributed by atoms with Gasteiger partial charge in [0.15, 0.2) is 0 Å². The highest BCUT2D eigenvalue weighted by molar-refractivity contribution is 6.23. The van der Waals surface area contributed by atoms with Crippen molar-refractivity contribution in [2.24, 2.45) is 0 Å². The molecule has 0 saturated carbocycles. The summed E-state index contributed by atoms with van der Waals surface area (Å²) in [7, 11) is 0. The third-order valence-corrected chi connectivity index (χ3v) is 9.47. The zero-order valence-corrected chi connectivity index (χ0v) is 21.8. The molecule has 3 aliphatic rings. The molecule has 0 N–H and O–H groups in total. The molecule has 1 nitrogen and oxygen atoms in total. The number of aryl methyl sites for hydroxylation is 1. The third kappa shape index (κ3) is 2.47. The van der Waals surface area contributed by atoms with Crippen LogP contribution in [-0.4, -0.2) is 4.98 Å². The maximum absolute atomic E-state index is 4.77. The molecule has 3 aliphatic carbocycles. The van der Waals surface area contributed by atoms with Crippen molar-refractivity contribution >= 4 is 37.9 Å². The molecular formula is C39H23N. The summed E-state index contributed by atoms with van der Waals surface area (Å²) in [6, 6.07) is 38.6. The second kappa shape index (κ2) is 7.34. The normalized spacial score (nSPS) is 13.9. The lowest BCUT2D eigenvalue weighted by Crippen LogP contribution is -2.00. The van der Waals surface area contributed by atoms with Crippen LogP contribution in [0.25, 0.3) is 82.5 Å². The van der Waals surface area contributed by atoms with Crippen LogP contribution in [0.3, 0.4) is 0 Å². The number of hydrogen-bond donors (Lipinski definition) is 0. The van der Waals surface area contributed by atoms with Crippen molar-refractivity contribution in [1.29, 1.82) is 0 Å². The molecule has 0 bridgehead atoms. The molecule has 0 fully saturated rings. The van der Waals surface area contributed by atoms with Crippen LogP contribution in [0.4, 0.5) is 0 Å². The molecule has 0 aliphatic heterocycles. The number of fused-ring (bicyclic) bond motifs is 10. The summed E-state index contributed by atoms with van der Waals surface area (Å²) in [4.78, 5) is 4.77. The molecule has 7 aromatic rings. The van der Waals surface area contributed by atoms with Crippen LogP contribution >= 0.6 is 0 Å². The lowest BCUT2D eigenvalue weighted by atomic mass is 9.82. The predicted octanol–water partition coefficient (Wildman–Crippen LogP) is 10.2. The Bertz CT molecular complexity index is 2290. The fraction of sp³-hybridized carbons (Fsp3) is 0.0513. The number of rotatable bonds is 1. The first-order valence-electron chi connectivity index (χ1n) is 14.2. The van der Waals surface area contributed by atoms with E-state index in [0.29, 0.717) is 0 Å². The van der Waals surface area contributed by atoms with Crippen molar-refractivity contribution in [3.05, 3.63) is 132 Å². The number of benzene rings is 6. The fourth-order valence-corrected chi connectivity index (χ4v) is 7.88. The van der Waals surface area contributed by atoms with E-state index in [1.807, 2.05) is 12.3 Å². The molecule has 0 unspecified atom stereocenters. The summed E-state index contributed by atoms with van der Waals surface area (Å²) in [6.45, 7) is 0. The predicted molar refractivity (Wildman–Crippen MR) is 167 cm³/mol. The van der Waals surface area contributed by atoms with Gasteiger partial charge in [-0.3, -0.25) is 4.98 Å². The second-order valence-corrected chi connectivity index (χ2v) is 11.3. The number of allylic oxidation sites excluding steroid dienone is 1. The Hall–Kier alpha value is -5.01. The van der Waals surface area contributed by atoms with Crippen molar-refractivity contribution in [1.82, 2.24) is 4.98 Å². The lowest BCUT2D eigenvalue weighted by molar-refractivity contribution is 0.993. The highest BCUT2D eigenvalue weighted by atomic mass is 14.7. The highest BCUT2D eigenvalue weighted by Gasteiger charge is 2.30. The van der Waals surface area contributed by atoms with E-state index >= 15 is 0 Å². The Morgan fingerprint density at radius 1 is 0.475 bits per heavy atom. The van der Waals surface area contributed by atoms with E-state index in [1.54, 1.807) is 0 Å². The lowest BCUT2D eigenvalue weighted by Gasteiger charge is -2.21. The van der Waals surface area contributed by atoms with E-state index in [2.05, 4.69) is 103 Å². The van der Waals surface area contributed by atoms with E-state index in [1.165, 1.54) is 93.5 Å². The zero-order chi connectivity index (χ0) is 25.9. The average Bonchev–Trinajstić information content (AvgIpc) is 3.52. The smallest absolute Gasteiger partial charge is 0.0786 e. The molecule has 1 heterocycles. The molecule has 6 aromatic carbocycles. The molecule has 1 aromatic heterocycles. The van der Waals surface area contributed by atoms with E-state index in [0.717, 1.165) is 18.5 Å².